The standard InChI is InChI=1S/C18H19F2NO5/c1-11-14(18(23)24)9-13(26-11)10-21(2)17(22)4-3-7-25-16-6-5-12(19)8-15(16)20/h5-6,8-9H,3-4,7,10H2,1-2H3,(H,23,24). The van der Waals surface area contributed by atoms with Gasteiger partial charge in [0.1, 0.15) is 22.9 Å². The molecule has 0 aliphatic carbocycles. The number of nitrogens with zero attached hydrogens (tertiary/aromatic N) is 1. The predicted octanol–water partition coefficient (Wildman–Crippen LogP) is 3.38. The highest BCUT2D eigenvalue weighted by molar-refractivity contribution is 5.88. The fourth-order valence-corrected chi connectivity index (χ4v) is 2.34. The van der Waals surface area contributed by atoms with Crippen LogP contribution in [0, 0.1) is 18.6 Å². The van der Waals surface area contributed by atoms with E-state index in [9.17, 15) is 18.4 Å². The van der Waals surface area contributed by atoms with Gasteiger partial charge in [0.2, 0.25) is 5.91 Å². The van der Waals surface area contributed by atoms with E-state index in [1.165, 1.54) is 17.0 Å². The number of furan rings is 1. The Kier molecular flexibility index (Phi) is 6.32. The van der Waals surface area contributed by atoms with Crippen molar-refractivity contribution < 1.29 is 32.6 Å². The number of rotatable bonds is 8. The molecule has 1 N–H and O–H groups in total. The van der Waals surface area contributed by atoms with Crippen LogP contribution in [0.1, 0.15) is 34.7 Å². The molecule has 0 saturated carbocycles. The zero-order valence-corrected chi connectivity index (χ0v) is 14.4. The van der Waals surface area contributed by atoms with Gasteiger partial charge in [0, 0.05) is 19.5 Å². The number of carbonyl (C=O) groups is 2. The first-order chi connectivity index (χ1) is 12.3. The number of carbonyl (C=O) groups excluding carboxylic acids is 1. The Morgan fingerprint density at radius 3 is 2.62 bits per heavy atom. The van der Waals surface area contributed by atoms with E-state index in [4.69, 9.17) is 14.3 Å². The van der Waals surface area contributed by atoms with Crippen molar-refractivity contribution in [3.05, 3.63) is 53.0 Å². The minimum atomic E-state index is -1.09. The van der Waals surface area contributed by atoms with Gasteiger partial charge in [0.15, 0.2) is 11.6 Å². The number of hydrogen-bond donors (Lipinski definition) is 1. The van der Waals surface area contributed by atoms with E-state index in [1.807, 2.05) is 0 Å². The number of aryl methyl sites for hydroxylation is 1. The van der Waals surface area contributed by atoms with E-state index in [0.717, 1.165) is 12.1 Å². The van der Waals surface area contributed by atoms with Crippen LogP contribution in [0.2, 0.25) is 0 Å². The Balaban J connectivity index is 1.78. The maximum atomic E-state index is 13.4. The fourth-order valence-electron chi connectivity index (χ4n) is 2.34. The number of aromatic carboxylic acids is 1. The van der Waals surface area contributed by atoms with Crippen molar-refractivity contribution in [2.45, 2.75) is 26.3 Å². The summed E-state index contributed by atoms with van der Waals surface area (Å²) in [5.41, 5.74) is 0.0653. The first kappa shape index (κ1) is 19.4. The molecule has 1 heterocycles. The van der Waals surface area contributed by atoms with Crippen LogP contribution in [-0.4, -0.2) is 35.5 Å². The molecular formula is C18H19F2NO5. The van der Waals surface area contributed by atoms with Crippen LogP contribution < -0.4 is 4.74 Å². The lowest BCUT2D eigenvalue weighted by Crippen LogP contribution is -2.26. The first-order valence-corrected chi connectivity index (χ1v) is 7.92. The fraction of sp³-hybridized carbons (Fsp3) is 0.333. The number of ether oxygens (including phenoxy) is 1. The molecule has 0 spiro atoms. The molecule has 0 saturated heterocycles. The van der Waals surface area contributed by atoms with E-state index in [2.05, 4.69) is 0 Å². The topological polar surface area (TPSA) is 80.0 Å². The molecular weight excluding hydrogens is 348 g/mol. The van der Waals surface area contributed by atoms with Crippen LogP contribution in [0.25, 0.3) is 0 Å². The first-order valence-electron chi connectivity index (χ1n) is 7.92. The molecule has 0 aliphatic heterocycles. The number of carboxylic acids is 1. The maximum absolute atomic E-state index is 13.4. The van der Waals surface area contributed by atoms with Gasteiger partial charge in [-0.2, -0.15) is 0 Å². The lowest BCUT2D eigenvalue weighted by Gasteiger charge is -2.15. The zero-order chi connectivity index (χ0) is 19.3. The summed E-state index contributed by atoms with van der Waals surface area (Å²) in [6.45, 7) is 1.78. The van der Waals surface area contributed by atoms with E-state index in [0.29, 0.717) is 12.2 Å². The number of benzene rings is 1. The van der Waals surface area contributed by atoms with Crippen LogP contribution in [-0.2, 0) is 11.3 Å². The molecule has 2 rings (SSSR count). The molecule has 8 heteroatoms. The third kappa shape index (κ3) is 5.05. The zero-order valence-electron chi connectivity index (χ0n) is 14.4. The molecule has 0 aliphatic rings. The minimum Gasteiger partial charge on any atom is -0.491 e. The van der Waals surface area contributed by atoms with Crippen molar-refractivity contribution in [2.75, 3.05) is 13.7 Å². The van der Waals surface area contributed by atoms with Crippen LogP contribution in [0.5, 0.6) is 5.75 Å². The Morgan fingerprint density at radius 2 is 2.00 bits per heavy atom. The lowest BCUT2D eigenvalue weighted by atomic mass is 10.2. The van der Waals surface area contributed by atoms with E-state index >= 15 is 0 Å². The molecule has 0 fully saturated rings. The molecule has 1 aromatic carbocycles. The molecule has 0 unspecified atom stereocenters. The summed E-state index contributed by atoms with van der Waals surface area (Å²) in [5, 5.41) is 8.99. The van der Waals surface area contributed by atoms with Crippen LogP contribution in [0.4, 0.5) is 8.78 Å². The second-order valence-corrected chi connectivity index (χ2v) is 5.76. The van der Waals surface area contributed by atoms with Gasteiger partial charge >= 0.3 is 5.97 Å². The Labute approximate surface area is 149 Å². The largest absolute Gasteiger partial charge is 0.491 e. The Hall–Kier alpha value is -2.90. The summed E-state index contributed by atoms with van der Waals surface area (Å²) in [6.07, 6.45) is 0.502. The van der Waals surface area contributed by atoms with Crippen molar-refractivity contribution in [1.82, 2.24) is 4.90 Å². The molecule has 1 amide bonds. The Bertz CT molecular complexity index is 803. The predicted molar refractivity (Wildman–Crippen MR) is 88.0 cm³/mol. The van der Waals surface area contributed by atoms with Crippen LogP contribution in [0.3, 0.4) is 0 Å². The number of hydrogen-bond acceptors (Lipinski definition) is 4. The average molecular weight is 367 g/mol. The lowest BCUT2D eigenvalue weighted by molar-refractivity contribution is -0.130. The number of amides is 1. The van der Waals surface area contributed by atoms with Gasteiger partial charge < -0.3 is 19.2 Å². The molecule has 1 aromatic heterocycles. The quantitative estimate of drug-likeness (QED) is 0.724. The van der Waals surface area contributed by atoms with Crippen LogP contribution in [0.15, 0.2) is 28.7 Å². The van der Waals surface area contributed by atoms with E-state index < -0.39 is 17.6 Å². The third-order valence-corrected chi connectivity index (χ3v) is 3.70. The molecule has 2 aromatic rings. The van der Waals surface area contributed by atoms with E-state index in [-0.39, 0.29) is 42.6 Å². The van der Waals surface area contributed by atoms with Crippen molar-refractivity contribution in [3.8, 4) is 5.75 Å². The van der Waals surface area contributed by atoms with Crippen LogP contribution >= 0.6 is 0 Å². The van der Waals surface area contributed by atoms with Gasteiger partial charge in [-0.1, -0.05) is 0 Å². The molecule has 0 bridgehead atoms. The monoisotopic (exact) mass is 367 g/mol. The van der Waals surface area contributed by atoms with Gasteiger partial charge in [0.25, 0.3) is 0 Å². The normalized spacial score (nSPS) is 10.6. The summed E-state index contributed by atoms with van der Waals surface area (Å²) in [5.74, 6) is -2.18. The highest BCUT2D eigenvalue weighted by Gasteiger charge is 2.17. The minimum absolute atomic E-state index is 0.0653. The second-order valence-electron chi connectivity index (χ2n) is 5.76. The van der Waals surface area contributed by atoms with Crippen molar-refractivity contribution in [1.29, 1.82) is 0 Å². The maximum Gasteiger partial charge on any atom is 0.339 e. The van der Waals surface area contributed by atoms with Gasteiger partial charge in [-0.3, -0.25) is 4.79 Å². The highest BCUT2D eigenvalue weighted by atomic mass is 19.1. The van der Waals surface area contributed by atoms with E-state index in [1.54, 1.807) is 14.0 Å². The van der Waals surface area contributed by atoms with Crippen molar-refractivity contribution >= 4 is 11.9 Å². The third-order valence-electron chi connectivity index (χ3n) is 3.70. The SMILES string of the molecule is Cc1oc(CN(C)C(=O)CCCOc2ccc(F)cc2F)cc1C(=O)O. The number of halogens is 2. The molecule has 140 valence electrons. The summed E-state index contributed by atoms with van der Waals surface area (Å²) in [4.78, 5) is 24.5. The summed E-state index contributed by atoms with van der Waals surface area (Å²) < 4.78 is 36.7. The average Bonchev–Trinajstić information content (AvgIpc) is 2.93. The molecule has 0 radical (unpaired) electrons. The Morgan fingerprint density at radius 1 is 1.27 bits per heavy atom. The van der Waals surface area contributed by atoms with Gasteiger partial charge in [-0.05, 0) is 31.5 Å². The van der Waals surface area contributed by atoms with Gasteiger partial charge in [0.05, 0.1) is 13.2 Å². The van der Waals surface area contributed by atoms with Gasteiger partial charge in [-0.15, -0.1) is 0 Å². The second kappa shape index (κ2) is 8.46. The molecule has 0 atom stereocenters. The van der Waals surface area contributed by atoms with Crippen molar-refractivity contribution in [2.24, 2.45) is 0 Å². The smallest absolute Gasteiger partial charge is 0.339 e. The molecule has 6 nitrogen and oxygen atoms in total. The number of carboxylic acid groups (broad SMARTS) is 1. The highest BCUT2D eigenvalue weighted by Crippen LogP contribution is 2.18. The van der Waals surface area contributed by atoms with Gasteiger partial charge in [-0.25, -0.2) is 13.6 Å². The molecule has 26 heavy (non-hydrogen) atoms. The van der Waals surface area contributed by atoms with Crippen molar-refractivity contribution in [3.63, 3.8) is 0 Å². The summed E-state index contributed by atoms with van der Waals surface area (Å²) in [7, 11) is 1.57. The summed E-state index contributed by atoms with van der Waals surface area (Å²) in [6, 6.07) is 4.40. The summed E-state index contributed by atoms with van der Waals surface area (Å²) >= 11 is 0.